The van der Waals surface area contributed by atoms with E-state index in [9.17, 15) is 9.59 Å². The molecule has 0 aliphatic carbocycles. The first-order valence-electron chi connectivity index (χ1n) is 8.97. The number of hydrogen-bond acceptors (Lipinski definition) is 4. The van der Waals surface area contributed by atoms with E-state index in [1.165, 1.54) is 4.90 Å². The monoisotopic (exact) mass is 379 g/mol. The van der Waals surface area contributed by atoms with Gasteiger partial charge in [0.2, 0.25) is 0 Å². The van der Waals surface area contributed by atoms with Crippen molar-refractivity contribution in [3.8, 4) is 0 Å². The fraction of sp³-hybridized carbons (Fsp3) is 0.556. The summed E-state index contributed by atoms with van der Waals surface area (Å²) in [5, 5.41) is 6.52. The van der Waals surface area contributed by atoms with Gasteiger partial charge < -0.3 is 20.4 Å². The predicted octanol–water partition coefficient (Wildman–Crippen LogP) is 1.55. The number of anilines is 1. The fourth-order valence-electron chi connectivity index (χ4n) is 3.44. The molecule has 1 atom stereocenters. The van der Waals surface area contributed by atoms with Crippen LogP contribution in [-0.2, 0) is 0 Å². The Labute approximate surface area is 159 Å². The van der Waals surface area contributed by atoms with Crippen molar-refractivity contribution in [1.82, 2.24) is 20.0 Å². The highest BCUT2D eigenvalue weighted by molar-refractivity contribution is 6.34. The quantitative estimate of drug-likeness (QED) is 0.836. The maximum atomic E-state index is 13.0. The molecule has 0 spiro atoms. The zero-order valence-corrected chi connectivity index (χ0v) is 16.1. The van der Waals surface area contributed by atoms with Gasteiger partial charge in [-0.2, -0.15) is 0 Å². The van der Waals surface area contributed by atoms with Gasteiger partial charge in [0.05, 0.1) is 10.6 Å². The summed E-state index contributed by atoms with van der Waals surface area (Å²) >= 11 is 6.26. The number of carbonyl (C=O) groups is 2. The first kappa shape index (κ1) is 18.9. The molecule has 2 heterocycles. The molecule has 0 saturated carbocycles. The summed E-state index contributed by atoms with van der Waals surface area (Å²) < 4.78 is 0. The lowest BCUT2D eigenvalue weighted by Crippen LogP contribution is -2.49. The second-order valence-electron chi connectivity index (χ2n) is 7.00. The molecule has 8 heteroatoms. The third-order valence-electron chi connectivity index (χ3n) is 4.97. The summed E-state index contributed by atoms with van der Waals surface area (Å²) in [6.07, 6.45) is 0.987. The van der Waals surface area contributed by atoms with Crippen LogP contribution in [0.4, 0.5) is 10.5 Å². The van der Waals surface area contributed by atoms with Crippen LogP contribution in [0.5, 0.6) is 0 Å². The number of halogens is 1. The Kier molecular flexibility index (Phi) is 6.01. The van der Waals surface area contributed by atoms with E-state index in [1.807, 2.05) is 4.90 Å². The third kappa shape index (κ3) is 4.28. The van der Waals surface area contributed by atoms with Gasteiger partial charge in [-0.1, -0.05) is 11.6 Å². The normalized spacial score (nSPS) is 20.9. The van der Waals surface area contributed by atoms with Crippen molar-refractivity contribution < 1.29 is 9.59 Å². The molecular formula is C18H26ClN5O2. The lowest BCUT2D eigenvalue weighted by atomic mass is 10.1. The van der Waals surface area contributed by atoms with Crippen LogP contribution in [-0.4, -0.2) is 86.0 Å². The van der Waals surface area contributed by atoms with Crippen LogP contribution in [0.1, 0.15) is 16.8 Å². The average molecular weight is 380 g/mol. The molecule has 26 heavy (non-hydrogen) atoms. The highest BCUT2D eigenvalue weighted by atomic mass is 35.5. The summed E-state index contributed by atoms with van der Waals surface area (Å²) in [4.78, 5) is 30.5. The SMILES string of the molecule is CN(C)C(=O)Nc1ccc(Cl)c(C(=O)N2CCC(N3CCNCC3)C2)c1. The van der Waals surface area contributed by atoms with Gasteiger partial charge in [-0.3, -0.25) is 9.69 Å². The number of rotatable bonds is 3. The molecule has 7 nitrogen and oxygen atoms in total. The number of piperazine rings is 1. The largest absolute Gasteiger partial charge is 0.337 e. The van der Waals surface area contributed by atoms with E-state index in [2.05, 4.69) is 15.5 Å². The van der Waals surface area contributed by atoms with E-state index in [0.717, 1.165) is 45.7 Å². The van der Waals surface area contributed by atoms with E-state index in [0.29, 0.717) is 22.3 Å². The summed E-state index contributed by atoms with van der Waals surface area (Å²) in [6.45, 7) is 5.52. The highest BCUT2D eigenvalue weighted by Crippen LogP contribution is 2.25. The molecule has 1 aromatic carbocycles. The highest BCUT2D eigenvalue weighted by Gasteiger charge is 2.32. The Hall–Kier alpha value is -1.83. The average Bonchev–Trinajstić information content (AvgIpc) is 3.13. The molecule has 3 rings (SSSR count). The van der Waals surface area contributed by atoms with Gasteiger partial charge in [0.25, 0.3) is 5.91 Å². The van der Waals surface area contributed by atoms with Gasteiger partial charge in [-0.05, 0) is 24.6 Å². The van der Waals surface area contributed by atoms with Gasteiger partial charge in [0, 0.05) is 65.1 Å². The lowest BCUT2D eigenvalue weighted by Gasteiger charge is -2.32. The smallest absolute Gasteiger partial charge is 0.321 e. The van der Waals surface area contributed by atoms with Crippen LogP contribution in [0.2, 0.25) is 5.02 Å². The van der Waals surface area contributed by atoms with E-state index in [4.69, 9.17) is 11.6 Å². The number of nitrogens with one attached hydrogen (secondary N) is 2. The molecule has 142 valence electrons. The number of likely N-dealkylation sites (tertiary alicyclic amines) is 1. The minimum absolute atomic E-state index is 0.0754. The van der Waals surface area contributed by atoms with Crippen LogP contribution in [0, 0.1) is 0 Å². The topological polar surface area (TPSA) is 67.9 Å². The number of nitrogens with zero attached hydrogens (tertiary/aromatic N) is 3. The Morgan fingerprint density at radius 3 is 2.65 bits per heavy atom. The second-order valence-corrected chi connectivity index (χ2v) is 7.41. The lowest BCUT2D eigenvalue weighted by molar-refractivity contribution is 0.0773. The van der Waals surface area contributed by atoms with E-state index < -0.39 is 0 Å². The van der Waals surface area contributed by atoms with E-state index in [1.54, 1.807) is 32.3 Å². The molecule has 1 aromatic rings. The zero-order chi connectivity index (χ0) is 18.7. The van der Waals surface area contributed by atoms with Crippen LogP contribution in [0.25, 0.3) is 0 Å². The Balaban J connectivity index is 1.68. The van der Waals surface area contributed by atoms with E-state index >= 15 is 0 Å². The van der Waals surface area contributed by atoms with Gasteiger partial charge in [0.15, 0.2) is 0 Å². The predicted molar refractivity (Wildman–Crippen MR) is 103 cm³/mol. The molecule has 2 N–H and O–H groups in total. The molecule has 1 unspecified atom stereocenters. The first-order chi connectivity index (χ1) is 12.5. The fourth-order valence-corrected chi connectivity index (χ4v) is 3.64. The van der Waals surface area contributed by atoms with Crippen LogP contribution in [0.3, 0.4) is 0 Å². The number of hydrogen-bond donors (Lipinski definition) is 2. The zero-order valence-electron chi connectivity index (χ0n) is 15.3. The Bertz CT molecular complexity index is 676. The minimum Gasteiger partial charge on any atom is -0.337 e. The molecule has 2 aliphatic rings. The third-order valence-corrected chi connectivity index (χ3v) is 5.30. The number of amides is 3. The van der Waals surface area contributed by atoms with Crippen molar-refractivity contribution in [3.05, 3.63) is 28.8 Å². The summed E-state index contributed by atoms with van der Waals surface area (Å²) in [7, 11) is 3.33. The molecule has 2 aliphatic heterocycles. The summed E-state index contributed by atoms with van der Waals surface area (Å²) in [6, 6.07) is 5.18. The van der Waals surface area contributed by atoms with Crippen molar-refractivity contribution in [2.75, 3.05) is 58.7 Å². The van der Waals surface area contributed by atoms with Crippen molar-refractivity contribution in [2.24, 2.45) is 0 Å². The molecule has 0 bridgehead atoms. The van der Waals surface area contributed by atoms with Gasteiger partial charge in [-0.25, -0.2) is 4.79 Å². The number of benzene rings is 1. The van der Waals surface area contributed by atoms with Crippen LogP contribution >= 0.6 is 11.6 Å². The van der Waals surface area contributed by atoms with E-state index in [-0.39, 0.29) is 11.9 Å². The van der Waals surface area contributed by atoms with Gasteiger partial charge >= 0.3 is 6.03 Å². The molecular weight excluding hydrogens is 354 g/mol. The molecule has 3 amide bonds. The Morgan fingerprint density at radius 1 is 1.23 bits per heavy atom. The van der Waals surface area contributed by atoms with Crippen LogP contribution in [0.15, 0.2) is 18.2 Å². The molecule has 0 aromatic heterocycles. The molecule has 0 radical (unpaired) electrons. The maximum absolute atomic E-state index is 13.0. The molecule has 2 saturated heterocycles. The van der Waals surface area contributed by atoms with Gasteiger partial charge in [-0.15, -0.1) is 0 Å². The Morgan fingerprint density at radius 2 is 1.96 bits per heavy atom. The number of carbonyl (C=O) groups excluding carboxylic acids is 2. The maximum Gasteiger partial charge on any atom is 0.321 e. The van der Waals surface area contributed by atoms with Crippen molar-refractivity contribution in [1.29, 1.82) is 0 Å². The standard InChI is InChI=1S/C18H26ClN5O2/c1-22(2)18(26)21-13-3-4-16(19)15(11-13)17(25)24-8-5-14(12-24)23-9-6-20-7-10-23/h3-4,11,14,20H,5-10,12H2,1-2H3,(H,21,26). The minimum atomic E-state index is -0.245. The molecule has 2 fully saturated rings. The van der Waals surface area contributed by atoms with Gasteiger partial charge in [0.1, 0.15) is 0 Å². The first-order valence-corrected chi connectivity index (χ1v) is 9.35. The number of urea groups is 1. The van der Waals surface area contributed by atoms with Crippen molar-refractivity contribution in [3.63, 3.8) is 0 Å². The second kappa shape index (κ2) is 8.24. The van der Waals surface area contributed by atoms with Crippen LogP contribution < -0.4 is 10.6 Å². The van der Waals surface area contributed by atoms with Crippen molar-refractivity contribution >= 4 is 29.2 Å². The summed E-state index contributed by atoms with van der Waals surface area (Å²) in [5.74, 6) is -0.0754. The summed E-state index contributed by atoms with van der Waals surface area (Å²) in [5.41, 5.74) is 0.999. The van der Waals surface area contributed by atoms with Crippen molar-refractivity contribution in [2.45, 2.75) is 12.5 Å².